The van der Waals surface area contributed by atoms with E-state index in [9.17, 15) is 0 Å². The molecule has 2 N–H and O–H groups in total. The maximum absolute atomic E-state index is 6.49. The van der Waals surface area contributed by atoms with Crippen LogP contribution in [0.25, 0.3) is 11.2 Å². The Morgan fingerprint density at radius 2 is 1.76 bits per heavy atom. The zero-order chi connectivity index (χ0) is 25.2. The number of anilines is 1. The fourth-order valence-corrected chi connectivity index (χ4v) is 5.33. The van der Waals surface area contributed by atoms with E-state index >= 15 is 0 Å². The number of benzene rings is 2. The van der Waals surface area contributed by atoms with E-state index < -0.39 is 5.60 Å². The standard InChI is InChI=1S/C28H30N5O4.Rb/c1-19-36-17-28(37-19)22(16-34-14-20-8-4-2-5-9-20)12-13-23(28)33-18-30-24-25(33)31-27(29)32-26(24)35-15-21-10-6-3-7-11-21;/h2-12,18-19,22-23H,13-17H2,1H3,(H2,29,31,32);/q-1;+1/t19?,22-,23-,28-;/m0./s1. The molecular weight excluding hydrogens is 556 g/mol. The van der Waals surface area contributed by atoms with E-state index in [2.05, 4.69) is 33.5 Å². The van der Waals surface area contributed by atoms with Crippen molar-refractivity contribution < 1.29 is 77.1 Å². The number of ether oxygens (including phenoxy) is 4. The Labute approximate surface area is 270 Å². The Kier molecular flexibility index (Phi) is 8.94. The van der Waals surface area contributed by atoms with E-state index in [-0.39, 0.29) is 82.4 Å². The van der Waals surface area contributed by atoms with Crippen LogP contribution in [-0.4, -0.2) is 44.6 Å². The summed E-state index contributed by atoms with van der Waals surface area (Å²) >= 11 is 0. The molecule has 2 aromatic carbocycles. The second-order valence-corrected chi connectivity index (χ2v) is 9.53. The Bertz CT molecular complexity index is 1360. The number of nitrogen functional groups attached to an aromatic ring is 1. The second kappa shape index (κ2) is 12.2. The Morgan fingerprint density at radius 1 is 1.05 bits per heavy atom. The van der Waals surface area contributed by atoms with E-state index in [4.69, 9.17) is 24.7 Å². The minimum atomic E-state index is -0.603. The van der Waals surface area contributed by atoms with Crippen LogP contribution >= 0.6 is 0 Å². The summed E-state index contributed by atoms with van der Waals surface area (Å²) in [5, 5.41) is 0. The molecule has 4 aromatic rings. The number of hydrogen-bond acceptors (Lipinski definition) is 8. The average molecular weight is 586 g/mol. The van der Waals surface area contributed by atoms with Crippen molar-refractivity contribution in [2.75, 3.05) is 18.9 Å². The first-order valence-corrected chi connectivity index (χ1v) is 12.5. The van der Waals surface area contributed by atoms with Crippen molar-refractivity contribution in [1.29, 1.82) is 0 Å². The quantitative estimate of drug-likeness (QED) is 0.307. The zero-order valence-corrected chi connectivity index (χ0v) is 26.6. The minimum Gasteiger partial charge on any atom is -0.471 e. The van der Waals surface area contributed by atoms with Gasteiger partial charge in [0.25, 0.3) is 0 Å². The summed E-state index contributed by atoms with van der Waals surface area (Å²) in [5.41, 5.74) is 8.85. The van der Waals surface area contributed by atoms with Crippen LogP contribution in [-0.2, 0) is 27.4 Å². The maximum Gasteiger partial charge on any atom is 1.00 e. The van der Waals surface area contributed by atoms with Crippen molar-refractivity contribution in [3.05, 3.63) is 84.5 Å². The van der Waals surface area contributed by atoms with Gasteiger partial charge in [-0.05, 0) is 18.1 Å². The van der Waals surface area contributed by atoms with Crippen LogP contribution in [0.5, 0.6) is 5.88 Å². The van der Waals surface area contributed by atoms with Crippen molar-refractivity contribution in [2.45, 2.75) is 44.5 Å². The molecule has 1 saturated carbocycles. The van der Waals surface area contributed by atoms with E-state index in [1.807, 2.05) is 60.0 Å². The number of rotatable bonds is 8. The molecule has 3 heterocycles. The van der Waals surface area contributed by atoms with Gasteiger partial charge >= 0.3 is 58.2 Å². The predicted molar refractivity (Wildman–Crippen MR) is 137 cm³/mol. The molecule has 1 aliphatic heterocycles. The third kappa shape index (κ3) is 5.61. The van der Waals surface area contributed by atoms with Crippen molar-refractivity contribution in [2.24, 2.45) is 5.92 Å². The molecule has 0 bridgehead atoms. The molecule has 9 nitrogen and oxygen atoms in total. The topological polar surface area (TPSA) is 107 Å². The minimum absolute atomic E-state index is 0. The van der Waals surface area contributed by atoms with Crippen LogP contribution in [0.1, 0.15) is 30.5 Å². The van der Waals surface area contributed by atoms with Gasteiger partial charge in [-0.15, -0.1) is 5.92 Å². The number of fused-ring (bicyclic) bond motifs is 1. The maximum atomic E-state index is 6.49. The molecule has 1 aliphatic carbocycles. The molecule has 2 aliphatic rings. The fraction of sp³-hybridized carbons (Fsp3) is 0.357. The van der Waals surface area contributed by atoms with Gasteiger partial charge < -0.3 is 35.7 Å². The van der Waals surface area contributed by atoms with Gasteiger partial charge in [0.1, 0.15) is 6.61 Å². The predicted octanol–water partition coefficient (Wildman–Crippen LogP) is 1.11. The first-order valence-electron chi connectivity index (χ1n) is 12.5. The van der Waals surface area contributed by atoms with Gasteiger partial charge in [-0.2, -0.15) is 16.4 Å². The van der Waals surface area contributed by atoms with Crippen LogP contribution in [0.3, 0.4) is 0 Å². The first-order chi connectivity index (χ1) is 18.1. The van der Waals surface area contributed by atoms with Crippen LogP contribution in [0.15, 0.2) is 67.0 Å². The Morgan fingerprint density at radius 3 is 2.45 bits per heavy atom. The van der Waals surface area contributed by atoms with Crippen LogP contribution in [0.2, 0.25) is 0 Å². The van der Waals surface area contributed by atoms with Crippen molar-refractivity contribution in [1.82, 2.24) is 19.5 Å². The summed E-state index contributed by atoms with van der Waals surface area (Å²) in [7, 11) is 0. The molecule has 6 rings (SSSR count). The second-order valence-electron chi connectivity index (χ2n) is 9.53. The molecule has 0 radical (unpaired) electrons. The van der Waals surface area contributed by atoms with Gasteiger partial charge in [0, 0.05) is 12.6 Å². The van der Waals surface area contributed by atoms with E-state index in [0.717, 1.165) is 17.5 Å². The number of imidazole rings is 1. The van der Waals surface area contributed by atoms with Crippen molar-refractivity contribution >= 4 is 17.1 Å². The molecule has 192 valence electrons. The summed E-state index contributed by atoms with van der Waals surface area (Å²) in [6.45, 7) is 3.80. The van der Waals surface area contributed by atoms with Gasteiger partial charge in [0.2, 0.25) is 11.8 Å². The van der Waals surface area contributed by atoms with Crippen molar-refractivity contribution in [3.8, 4) is 5.88 Å². The van der Waals surface area contributed by atoms with E-state index in [1.54, 1.807) is 6.33 Å². The smallest absolute Gasteiger partial charge is 0.471 e. The third-order valence-electron chi connectivity index (χ3n) is 7.13. The van der Waals surface area contributed by atoms with Crippen molar-refractivity contribution in [3.63, 3.8) is 0 Å². The summed E-state index contributed by atoms with van der Waals surface area (Å²) in [6, 6.07) is 20.0. The van der Waals surface area contributed by atoms with Crippen LogP contribution in [0, 0.1) is 12.3 Å². The van der Waals surface area contributed by atoms with Crippen LogP contribution in [0.4, 0.5) is 5.95 Å². The Balaban J connectivity index is 0.00000294. The molecule has 4 atom stereocenters. The van der Waals surface area contributed by atoms with Gasteiger partial charge in [-0.3, -0.25) is 0 Å². The van der Waals surface area contributed by atoms with Gasteiger partial charge in [0.05, 0.1) is 25.1 Å². The monoisotopic (exact) mass is 585 g/mol. The molecule has 0 amide bonds. The molecular formula is C28H30N5O4Rb. The average Bonchev–Trinajstić information content (AvgIpc) is 3.61. The third-order valence-corrected chi connectivity index (χ3v) is 7.13. The van der Waals surface area contributed by atoms with Crippen LogP contribution < -0.4 is 68.7 Å². The summed E-state index contributed by atoms with van der Waals surface area (Å²) in [5.74, 6) is 0.533. The number of nitrogens with two attached hydrogens (primary N) is 1. The molecule has 2 fully saturated rings. The van der Waals surface area contributed by atoms with E-state index in [1.165, 1.54) is 0 Å². The summed E-state index contributed by atoms with van der Waals surface area (Å²) in [6.07, 6.45) is 4.48. The first kappa shape index (κ1) is 27.8. The molecule has 2 aromatic heterocycles. The molecule has 1 saturated heterocycles. The van der Waals surface area contributed by atoms with Gasteiger partial charge in [0.15, 0.2) is 17.5 Å². The number of aromatic nitrogens is 4. The molecule has 10 heteroatoms. The molecule has 38 heavy (non-hydrogen) atoms. The number of hydrogen-bond donors (Lipinski definition) is 1. The number of nitrogens with zero attached hydrogens (tertiary/aromatic N) is 4. The zero-order valence-electron chi connectivity index (χ0n) is 21.7. The molecule has 1 spiro atoms. The fourth-order valence-electron chi connectivity index (χ4n) is 5.33. The summed E-state index contributed by atoms with van der Waals surface area (Å²) in [4.78, 5) is 13.5. The SMILES string of the molecule is CC1OC[C@@]2(O1)[C@@H](n1cnc3c(OCc4ccccc4)nc(N)nc31)C[CH-][C@H]2COCc1ccccc1.[Rb+]. The van der Waals surface area contributed by atoms with Gasteiger partial charge in [-0.1, -0.05) is 60.7 Å². The van der Waals surface area contributed by atoms with Gasteiger partial charge in [-0.25, -0.2) is 4.98 Å². The largest absolute Gasteiger partial charge is 1.00 e. The Hall–Kier alpha value is -1.72. The summed E-state index contributed by atoms with van der Waals surface area (Å²) < 4.78 is 26.6. The van der Waals surface area contributed by atoms with E-state index in [0.29, 0.717) is 43.5 Å². The molecule has 1 unspecified atom stereocenters. The normalized spacial score (nSPS) is 24.6.